The van der Waals surface area contributed by atoms with Crippen LogP contribution < -0.4 is 5.32 Å². The predicted octanol–water partition coefficient (Wildman–Crippen LogP) is 2.69. The predicted molar refractivity (Wildman–Crippen MR) is 75.9 cm³/mol. The lowest BCUT2D eigenvalue weighted by Gasteiger charge is -2.15. The summed E-state index contributed by atoms with van der Waals surface area (Å²) in [6.07, 6.45) is 3.19. The van der Waals surface area contributed by atoms with Crippen LogP contribution in [0.3, 0.4) is 0 Å². The number of rotatable bonds is 4. The molecule has 18 heavy (non-hydrogen) atoms. The number of aromatic nitrogens is 1. The highest BCUT2D eigenvalue weighted by molar-refractivity contribution is 7.09. The van der Waals surface area contributed by atoms with Gasteiger partial charge in [-0.25, -0.2) is 4.98 Å². The molecule has 0 radical (unpaired) electrons. The van der Waals surface area contributed by atoms with Crippen molar-refractivity contribution >= 4 is 11.3 Å². The van der Waals surface area contributed by atoms with Gasteiger partial charge in [0.25, 0.3) is 0 Å². The molecule has 1 aliphatic rings. The van der Waals surface area contributed by atoms with Crippen LogP contribution in [0.5, 0.6) is 0 Å². The van der Waals surface area contributed by atoms with E-state index in [0.717, 1.165) is 30.9 Å². The van der Waals surface area contributed by atoms with Gasteiger partial charge in [0.2, 0.25) is 0 Å². The zero-order valence-electron chi connectivity index (χ0n) is 11.6. The molecule has 0 saturated heterocycles. The number of aliphatic hydroxyl groups is 1. The lowest BCUT2D eigenvalue weighted by Crippen LogP contribution is -2.27. The maximum absolute atomic E-state index is 9.74. The maximum Gasteiger partial charge on any atom is 0.107 e. The normalized spacial score (nSPS) is 24.7. The van der Waals surface area contributed by atoms with Crippen LogP contribution in [0.2, 0.25) is 0 Å². The van der Waals surface area contributed by atoms with Crippen LogP contribution in [-0.2, 0) is 12.0 Å². The standard InChI is InChI=1S/C14H24N2OS/c1-14(2,3)12-9-18-13(16-12)8-15-7-10-5-4-6-11(10)17/h9-11,15,17H,4-8H2,1-3H3. The number of nitrogens with zero attached hydrogens (tertiary/aromatic N) is 1. The minimum atomic E-state index is -0.0982. The zero-order valence-corrected chi connectivity index (χ0v) is 12.4. The van der Waals surface area contributed by atoms with Crippen LogP contribution in [0, 0.1) is 5.92 Å². The second-order valence-electron chi connectivity index (χ2n) is 6.27. The molecule has 2 atom stereocenters. The number of nitrogens with one attached hydrogen (secondary N) is 1. The molecule has 2 rings (SSSR count). The molecular formula is C14H24N2OS. The summed E-state index contributed by atoms with van der Waals surface area (Å²) in [5.41, 5.74) is 1.31. The average molecular weight is 268 g/mol. The fraction of sp³-hybridized carbons (Fsp3) is 0.786. The molecule has 0 aromatic carbocycles. The molecule has 0 bridgehead atoms. The smallest absolute Gasteiger partial charge is 0.107 e. The van der Waals surface area contributed by atoms with E-state index < -0.39 is 0 Å². The molecule has 1 aromatic rings. The molecule has 2 N–H and O–H groups in total. The Hall–Kier alpha value is -0.450. The van der Waals surface area contributed by atoms with Crippen molar-refractivity contribution in [2.45, 2.75) is 58.1 Å². The van der Waals surface area contributed by atoms with Gasteiger partial charge in [0.1, 0.15) is 5.01 Å². The van der Waals surface area contributed by atoms with Crippen molar-refractivity contribution < 1.29 is 5.11 Å². The third-order valence-corrected chi connectivity index (χ3v) is 4.47. The molecule has 1 heterocycles. The van der Waals surface area contributed by atoms with E-state index in [4.69, 9.17) is 0 Å². The molecule has 1 saturated carbocycles. The first-order valence-electron chi connectivity index (χ1n) is 6.80. The van der Waals surface area contributed by atoms with Gasteiger partial charge in [-0.15, -0.1) is 11.3 Å². The van der Waals surface area contributed by atoms with Crippen LogP contribution in [0.15, 0.2) is 5.38 Å². The summed E-state index contributed by atoms with van der Waals surface area (Å²) in [6.45, 7) is 8.30. The van der Waals surface area contributed by atoms with Crippen LogP contribution in [0.4, 0.5) is 0 Å². The Kier molecular flexibility index (Phi) is 4.41. The maximum atomic E-state index is 9.74. The molecule has 1 aliphatic carbocycles. The van der Waals surface area contributed by atoms with Crippen molar-refractivity contribution in [2.24, 2.45) is 5.92 Å². The van der Waals surface area contributed by atoms with Gasteiger partial charge in [-0.3, -0.25) is 0 Å². The van der Waals surface area contributed by atoms with Gasteiger partial charge in [-0.2, -0.15) is 0 Å². The minimum Gasteiger partial charge on any atom is -0.393 e. The molecule has 1 fully saturated rings. The minimum absolute atomic E-state index is 0.0982. The Morgan fingerprint density at radius 2 is 2.22 bits per heavy atom. The van der Waals surface area contributed by atoms with Gasteiger partial charge in [0.15, 0.2) is 0 Å². The first-order valence-corrected chi connectivity index (χ1v) is 7.68. The molecular weight excluding hydrogens is 244 g/mol. The van der Waals surface area contributed by atoms with E-state index in [9.17, 15) is 5.11 Å². The fourth-order valence-electron chi connectivity index (χ4n) is 2.36. The largest absolute Gasteiger partial charge is 0.393 e. The number of hydrogen-bond donors (Lipinski definition) is 2. The van der Waals surface area contributed by atoms with Crippen molar-refractivity contribution in [1.82, 2.24) is 10.3 Å². The van der Waals surface area contributed by atoms with E-state index in [0.29, 0.717) is 5.92 Å². The number of thiazole rings is 1. The molecule has 2 unspecified atom stereocenters. The average Bonchev–Trinajstić information content (AvgIpc) is 2.88. The molecule has 3 nitrogen and oxygen atoms in total. The Morgan fingerprint density at radius 1 is 1.44 bits per heavy atom. The molecule has 4 heteroatoms. The van der Waals surface area contributed by atoms with Gasteiger partial charge >= 0.3 is 0 Å². The van der Waals surface area contributed by atoms with E-state index in [2.05, 4.69) is 36.5 Å². The van der Waals surface area contributed by atoms with Crippen molar-refractivity contribution in [2.75, 3.05) is 6.54 Å². The SMILES string of the molecule is CC(C)(C)c1csc(CNCC2CCCC2O)n1. The zero-order chi connectivity index (χ0) is 13.2. The summed E-state index contributed by atoms with van der Waals surface area (Å²) < 4.78 is 0. The monoisotopic (exact) mass is 268 g/mol. The van der Waals surface area contributed by atoms with Crippen molar-refractivity contribution in [3.05, 3.63) is 16.1 Å². The van der Waals surface area contributed by atoms with E-state index in [1.165, 1.54) is 12.1 Å². The van der Waals surface area contributed by atoms with Crippen LogP contribution >= 0.6 is 11.3 Å². The van der Waals surface area contributed by atoms with E-state index in [1.54, 1.807) is 11.3 Å². The summed E-state index contributed by atoms with van der Waals surface area (Å²) in [6, 6.07) is 0. The van der Waals surface area contributed by atoms with Gasteiger partial charge in [0.05, 0.1) is 11.8 Å². The lowest BCUT2D eigenvalue weighted by molar-refractivity contribution is 0.131. The lowest BCUT2D eigenvalue weighted by atomic mass is 9.93. The Morgan fingerprint density at radius 3 is 2.78 bits per heavy atom. The van der Waals surface area contributed by atoms with Crippen LogP contribution in [0.1, 0.15) is 50.7 Å². The van der Waals surface area contributed by atoms with Gasteiger partial charge < -0.3 is 10.4 Å². The van der Waals surface area contributed by atoms with E-state index in [1.807, 2.05) is 0 Å². The third-order valence-electron chi connectivity index (χ3n) is 3.62. The highest BCUT2D eigenvalue weighted by Gasteiger charge is 2.24. The van der Waals surface area contributed by atoms with Crippen molar-refractivity contribution in [3.8, 4) is 0 Å². The Balaban J connectivity index is 1.78. The summed E-state index contributed by atoms with van der Waals surface area (Å²) in [4.78, 5) is 4.66. The van der Waals surface area contributed by atoms with Gasteiger partial charge in [-0.05, 0) is 18.8 Å². The van der Waals surface area contributed by atoms with Gasteiger partial charge in [-0.1, -0.05) is 27.2 Å². The van der Waals surface area contributed by atoms with Gasteiger partial charge in [0, 0.05) is 23.9 Å². The fourth-order valence-corrected chi connectivity index (χ4v) is 3.35. The Labute approximate surface area is 114 Å². The highest BCUT2D eigenvalue weighted by atomic mass is 32.1. The molecule has 102 valence electrons. The molecule has 0 aliphatic heterocycles. The second kappa shape index (κ2) is 5.68. The van der Waals surface area contributed by atoms with E-state index >= 15 is 0 Å². The summed E-state index contributed by atoms with van der Waals surface area (Å²) in [7, 11) is 0. The number of aliphatic hydroxyl groups excluding tert-OH is 1. The molecule has 0 spiro atoms. The quantitative estimate of drug-likeness (QED) is 0.882. The summed E-state index contributed by atoms with van der Waals surface area (Å²) in [5, 5.41) is 16.5. The van der Waals surface area contributed by atoms with Crippen molar-refractivity contribution in [1.29, 1.82) is 0 Å². The summed E-state index contributed by atoms with van der Waals surface area (Å²) in [5.74, 6) is 0.437. The molecule has 1 aromatic heterocycles. The third kappa shape index (κ3) is 3.53. The highest BCUT2D eigenvalue weighted by Crippen LogP contribution is 2.25. The Bertz CT molecular complexity index is 383. The second-order valence-corrected chi connectivity index (χ2v) is 7.21. The first-order chi connectivity index (χ1) is 8.47. The molecule has 0 amide bonds. The topological polar surface area (TPSA) is 45.1 Å². The number of hydrogen-bond acceptors (Lipinski definition) is 4. The van der Waals surface area contributed by atoms with Crippen molar-refractivity contribution in [3.63, 3.8) is 0 Å². The first kappa shape index (κ1) is 14.0. The summed E-state index contributed by atoms with van der Waals surface area (Å²) >= 11 is 1.72. The van der Waals surface area contributed by atoms with E-state index in [-0.39, 0.29) is 11.5 Å². The van der Waals surface area contributed by atoms with Crippen LogP contribution in [0.25, 0.3) is 0 Å². The van der Waals surface area contributed by atoms with Crippen LogP contribution in [-0.4, -0.2) is 22.7 Å².